The van der Waals surface area contributed by atoms with Crippen LogP contribution in [0.3, 0.4) is 0 Å². The van der Waals surface area contributed by atoms with Gasteiger partial charge in [-0.25, -0.2) is 13.2 Å². The third-order valence-electron chi connectivity index (χ3n) is 6.49. The molecule has 3 amide bonds. The minimum atomic E-state index is -4.38. The number of amides is 3. The number of hydrogen-bond acceptors (Lipinski definition) is 9. The summed E-state index contributed by atoms with van der Waals surface area (Å²) in [6.45, 7) is 6.02. The average molecular weight is 652 g/mol. The third kappa shape index (κ3) is 8.80. The van der Waals surface area contributed by atoms with Gasteiger partial charge in [0.25, 0.3) is 11.8 Å². The molecule has 16 heteroatoms. The Bertz CT molecular complexity index is 1680. The van der Waals surface area contributed by atoms with E-state index in [9.17, 15) is 36.0 Å². The number of alkyl carbamates (subject to hydrolysis) is 1. The number of ether oxygens (including phenoxy) is 1. The normalized spacial score (nSPS) is 16.5. The van der Waals surface area contributed by atoms with Crippen molar-refractivity contribution in [3.63, 3.8) is 0 Å². The maximum atomic E-state index is 13.9. The summed E-state index contributed by atoms with van der Waals surface area (Å²) >= 11 is 0. The maximum absolute atomic E-state index is 13.9. The second-order valence-corrected chi connectivity index (χ2v) is 13.4. The van der Waals surface area contributed by atoms with Gasteiger partial charge in [0.1, 0.15) is 11.6 Å². The Balaban J connectivity index is 1.69. The van der Waals surface area contributed by atoms with Gasteiger partial charge in [-0.05, 0) is 51.0 Å². The zero-order chi connectivity index (χ0) is 33.2. The number of alkyl halides is 3. The maximum Gasteiger partial charge on any atom is 0.408 e. The number of fused-ring (bicyclic) bond motifs is 1. The van der Waals surface area contributed by atoms with Crippen molar-refractivity contribution in [3.05, 3.63) is 59.5 Å². The molecule has 2 aromatic carbocycles. The standard InChI is InChI=1S/C29H32F3N5O7S/c1-17-34-24(36-44-17)19-8-6-18(7-9-19)15-37-22-14-20(25(38)33-13-5-12-29(30,31)32)10-11-23(22)45(41,42)16-21(26(37)39)35-27(40)43-28(2,3)4/h6-11,14,21H,5,12-13,15-16H2,1-4H3,(H,33,38)(H,35,40)/t21-/m0/s1. The number of anilines is 1. The number of carbonyl (C=O) groups excluding carboxylic acids is 3. The number of benzene rings is 2. The van der Waals surface area contributed by atoms with Crippen molar-refractivity contribution in [2.24, 2.45) is 0 Å². The van der Waals surface area contributed by atoms with Gasteiger partial charge in [0.2, 0.25) is 11.7 Å². The summed E-state index contributed by atoms with van der Waals surface area (Å²) in [7, 11) is -4.21. The first kappa shape index (κ1) is 33.4. The molecule has 0 saturated carbocycles. The molecule has 0 fully saturated rings. The van der Waals surface area contributed by atoms with E-state index >= 15 is 0 Å². The molecule has 0 saturated heterocycles. The van der Waals surface area contributed by atoms with Gasteiger partial charge in [0.05, 0.1) is 22.9 Å². The summed E-state index contributed by atoms with van der Waals surface area (Å²) in [5.41, 5.74) is 0.0375. The number of sulfone groups is 1. The van der Waals surface area contributed by atoms with Gasteiger partial charge in [0, 0.05) is 31.0 Å². The van der Waals surface area contributed by atoms with Crippen LogP contribution in [0.15, 0.2) is 51.9 Å². The summed E-state index contributed by atoms with van der Waals surface area (Å²) in [6, 6.07) is 8.72. The van der Waals surface area contributed by atoms with Crippen LogP contribution in [0.2, 0.25) is 0 Å². The lowest BCUT2D eigenvalue weighted by atomic mass is 10.1. The molecule has 3 aromatic rings. The first-order valence-electron chi connectivity index (χ1n) is 13.8. The Morgan fingerprint density at radius 2 is 1.80 bits per heavy atom. The number of halogens is 3. The summed E-state index contributed by atoms with van der Waals surface area (Å²) < 4.78 is 74.8. The fourth-order valence-corrected chi connectivity index (χ4v) is 6.09. The van der Waals surface area contributed by atoms with E-state index in [1.54, 1.807) is 52.0 Å². The number of carbonyl (C=O) groups is 3. The molecule has 0 radical (unpaired) electrons. The Morgan fingerprint density at radius 3 is 2.40 bits per heavy atom. The lowest BCUT2D eigenvalue weighted by Gasteiger charge is -2.27. The molecule has 1 atom stereocenters. The molecule has 0 bridgehead atoms. The van der Waals surface area contributed by atoms with Crippen LogP contribution in [-0.4, -0.2) is 66.6 Å². The van der Waals surface area contributed by atoms with E-state index in [-0.39, 0.29) is 35.7 Å². The Labute approximate surface area is 257 Å². The van der Waals surface area contributed by atoms with Crippen molar-refractivity contribution < 1.29 is 45.2 Å². The summed E-state index contributed by atoms with van der Waals surface area (Å²) in [6.07, 6.45) is -6.82. The summed E-state index contributed by atoms with van der Waals surface area (Å²) in [4.78, 5) is 44.4. The number of hydrogen-bond donors (Lipinski definition) is 2. The third-order valence-corrected chi connectivity index (χ3v) is 8.28. The highest BCUT2D eigenvalue weighted by atomic mass is 32.2. The molecule has 2 heterocycles. The van der Waals surface area contributed by atoms with Gasteiger partial charge < -0.3 is 24.8 Å². The highest BCUT2D eigenvalue weighted by Gasteiger charge is 2.40. The van der Waals surface area contributed by atoms with Gasteiger partial charge in [-0.3, -0.25) is 9.59 Å². The quantitative estimate of drug-likeness (QED) is 0.338. The molecule has 1 aromatic heterocycles. The first-order chi connectivity index (χ1) is 20.9. The van der Waals surface area contributed by atoms with Crippen LogP contribution in [0.25, 0.3) is 11.4 Å². The zero-order valence-corrected chi connectivity index (χ0v) is 25.7. The van der Waals surface area contributed by atoms with E-state index in [0.29, 0.717) is 22.8 Å². The molecule has 0 unspecified atom stereocenters. The van der Waals surface area contributed by atoms with Gasteiger partial charge in [-0.2, -0.15) is 18.2 Å². The summed E-state index contributed by atoms with van der Waals surface area (Å²) in [5, 5.41) is 8.61. The predicted molar refractivity (Wildman–Crippen MR) is 155 cm³/mol. The number of aryl methyl sites for hydroxylation is 1. The van der Waals surface area contributed by atoms with Crippen LogP contribution < -0.4 is 15.5 Å². The summed E-state index contributed by atoms with van der Waals surface area (Å²) in [5.74, 6) is -1.62. The van der Waals surface area contributed by atoms with Gasteiger partial charge in [0.15, 0.2) is 9.84 Å². The second kappa shape index (κ2) is 12.9. The highest BCUT2D eigenvalue weighted by Crippen LogP contribution is 2.33. The lowest BCUT2D eigenvalue weighted by Crippen LogP contribution is -2.51. The molecule has 1 aliphatic rings. The van der Waals surface area contributed by atoms with Crippen LogP contribution in [0, 0.1) is 6.92 Å². The van der Waals surface area contributed by atoms with Crippen molar-refractivity contribution in [1.29, 1.82) is 0 Å². The number of rotatable bonds is 8. The highest BCUT2D eigenvalue weighted by molar-refractivity contribution is 7.91. The fraction of sp³-hybridized carbons (Fsp3) is 0.414. The molecule has 242 valence electrons. The smallest absolute Gasteiger partial charge is 0.408 e. The molecule has 12 nitrogen and oxygen atoms in total. The van der Waals surface area contributed by atoms with Crippen molar-refractivity contribution in [2.75, 3.05) is 17.2 Å². The fourth-order valence-electron chi connectivity index (χ4n) is 4.49. The minimum Gasteiger partial charge on any atom is -0.444 e. The molecular weight excluding hydrogens is 619 g/mol. The lowest BCUT2D eigenvalue weighted by molar-refractivity contribution is -0.135. The topological polar surface area (TPSA) is 161 Å². The predicted octanol–water partition coefficient (Wildman–Crippen LogP) is 4.33. The number of aromatic nitrogens is 2. The number of nitrogens with one attached hydrogen (secondary N) is 2. The van der Waals surface area contributed by atoms with Crippen molar-refractivity contribution in [2.45, 2.75) is 69.8 Å². The number of nitrogens with zero attached hydrogens (tertiary/aromatic N) is 3. The average Bonchev–Trinajstić information content (AvgIpc) is 3.35. The Kier molecular flexibility index (Phi) is 9.56. The van der Waals surface area contributed by atoms with E-state index in [0.717, 1.165) is 11.0 Å². The molecule has 0 spiro atoms. The SMILES string of the molecule is Cc1nc(-c2ccc(CN3C(=O)[C@@H](NC(=O)OC(C)(C)C)CS(=O)(=O)c4ccc(C(=O)NCCCC(F)(F)F)cc43)cc2)no1. The molecule has 2 N–H and O–H groups in total. The van der Waals surface area contributed by atoms with Crippen molar-refractivity contribution in [3.8, 4) is 11.4 Å². The minimum absolute atomic E-state index is 0.0739. The van der Waals surface area contributed by atoms with E-state index in [1.807, 2.05) is 0 Å². The van der Waals surface area contributed by atoms with Gasteiger partial charge >= 0.3 is 12.3 Å². The Morgan fingerprint density at radius 1 is 1.11 bits per heavy atom. The Hall–Kier alpha value is -4.47. The van der Waals surface area contributed by atoms with E-state index in [2.05, 4.69) is 20.8 Å². The van der Waals surface area contributed by atoms with Gasteiger partial charge in [-0.1, -0.05) is 29.4 Å². The zero-order valence-electron chi connectivity index (χ0n) is 24.9. The molecule has 0 aliphatic carbocycles. The largest absolute Gasteiger partial charge is 0.444 e. The van der Waals surface area contributed by atoms with Gasteiger partial charge in [-0.15, -0.1) is 0 Å². The molecule has 4 rings (SSSR count). The van der Waals surface area contributed by atoms with Crippen molar-refractivity contribution in [1.82, 2.24) is 20.8 Å². The second-order valence-electron chi connectivity index (χ2n) is 11.4. The van der Waals surface area contributed by atoms with E-state index in [1.165, 1.54) is 12.1 Å². The first-order valence-corrected chi connectivity index (χ1v) is 15.5. The molecule has 1 aliphatic heterocycles. The van der Waals surface area contributed by atoms with Crippen LogP contribution in [0.1, 0.15) is 55.4 Å². The van der Waals surface area contributed by atoms with Crippen molar-refractivity contribution >= 4 is 33.4 Å². The van der Waals surface area contributed by atoms with Crippen LogP contribution >= 0.6 is 0 Å². The monoisotopic (exact) mass is 651 g/mol. The molecular formula is C29H32F3N5O7S. The van der Waals surface area contributed by atoms with E-state index < -0.39 is 57.7 Å². The van der Waals surface area contributed by atoms with E-state index in [4.69, 9.17) is 9.26 Å². The van der Waals surface area contributed by atoms with Crippen LogP contribution in [0.4, 0.5) is 23.7 Å². The molecule has 45 heavy (non-hydrogen) atoms. The van der Waals surface area contributed by atoms with Crippen LogP contribution in [0.5, 0.6) is 0 Å². The van der Waals surface area contributed by atoms with Crippen LogP contribution in [-0.2, 0) is 25.9 Å².